The zero-order valence-corrected chi connectivity index (χ0v) is 14.5. The molecule has 0 N–H and O–H groups in total. The van der Waals surface area contributed by atoms with Gasteiger partial charge in [-0.1, -0.05) is 67.6 Å². The molecule has 0 aromatic heterocycles. The third kappa shape index (κ3) is 3.28. The van der Waals surface area contributed by atoms with Crippen LogP contribution in [0.3, 0.4) is 0 Å². The zero-order chi connectivity index (χ0) is 16.3. The van der Waals surface area contributed by atoms with Gasteiger partial charge in [0.05, 0.1) is 13.2 Å². The maximum absolute atomic E-state index is 14.0. The van der Waals surface area contributed by atoms with Gasteiger partial charge >= 0.3 is 0 Å². The van der Waals surface area contributed by atoms with Gasteiger partial charge in [-0.05, 0) is 6.92 Å². The first kappa shape index (κ1) is 16.4. The molecule has 23 heavy (non-hydrogen) atoms. The van der Waals surface area contributed by atoms with Crippen LogP contribution in [-0.2, 0) is 14.0 Å². The minimum atomic E-state index is -2.74. The van der Waals surface area contributed by atoms with Crippen LogP contribution in [0.1, 0.15) is 13.8 Å². The largest absolute Gasteiger partial charge is 0.348 e. The van der Waals surface area contributed by atoms with E-state index in [1.165, 1.54) is 0 Å². The lowest BCUT2D eigenvalue weighted by molar-refractivity contribution is -0.171. The maximum Gasteiger partial charge on any atom is 0.168 e. The summed E-state index contributed by atoms with van der Waals surface area (Å²) in [7, 11) is -2.74. The van der Waals surface area contributed by atoms with Crippen LogP contribution < -0.4 is 10.6 Å². The second-order valence-corrected chi connectivity index (χ2v) is 9.08. The van der Waals surface area contributed by atoms with Gasteiger partial charge in [-0.3, -0.25) is 0 Å². The normalized spacial score (nSPS) is 18.7. The van der Waals surface area contributed by atoms with Gasteiger partial charge in [-0.15, -0.1) is 0 Å². The molecule has 3 nitrogen and oxygen atoms in total. The van der Waals surface area contributed by atoms with Crippen LogP contribution in [0.4, 0.5) is 0 Å². The van der Waals surface area contributed by atoms with Crippen molar-refractivity contribution in [3.63, 3.8) is 0 Å². The molecule has 1 aliphatic rings. The lowest BCUT2D eigenvalue weighted by Crippen LogP contribution is -2.38. The van der Waals surface area contributed by atoms with E-state index in [1.807, 2.05) is 67.6 Å². The standard InChI is InChI=1S/C19H23O3P/c1-16(19(2)21-13-14-22-19)15-23(20,17-9-5-3-6-10-17)18-11-7-4-8-12-18/h3-12,16H,13-15H2,1-2H3. The smallest absolute Gasteiger partial charge is 0.168 e. The SMILES string of the molecule is CC(CP(=O)(c1ccccc1)c1ccccc1)C1(C)OCCO1. The Bertz CT molecular complexity index is 635. The minimum absolute atomic E-state index is 0.0243. The van der Waals surface area contributed by atoms with E-state index < -0.39 is 12.9 Å². The van der Waals surface area contributed by atoms with Crippen molar-refractivity contribution in [3.8, 4) is 0 Å². The highest BCUT2D eigenvalue weighted by molar-refractivity contribution is 7.78. The van der Waals surface area contributed by atoms with Gasteiger partial charge in [0.25, 0.3) is 0 Å². The van der Waals surface area contributed by atoms with Crippen LogP contribution in [0.2, 0.25) is 0 Å². The summed E-state index contributed by atoms with van der Waals surface area (Å²) in [5.41, 5.74) is 0. The van der Waals surface area contributed by atoms with Crippen molar-refractivity contribution in [2.45, 2.75) is 19.6 Å². The van der Waals surface area contributed by atoms with E-state index in [9.17, 15) is 4.57 Å². The van der Waals surface area contributed by atoms with E-state index in [-0.39, 0.29) is 5.92 Å². The summed E-state index contributed by atoms with van der Waals surface area (Å²) >= 11 is 0. The van der Waals surface area contributed by atoms with Crippen molar-refractivity contribution in [2.24, 2.45) is 5.92 Å². The number of rotatable bonds is 5. The quantitative estimate of drug-likeness (QED) is 0.788. The first-order valence-electron chi connectivity index (χ1n) is 8.03. The molecule has 2 aromatic rings. The highest BCUT2D eigenvalue weighted by Gasteiger charge is 2.41. The molecule has 1 fully saturated rings. The molecular formula is C19H23O3P. The average molecular weight is 330 g/mol. The average Bonchev–Trinajstić information content (AvgIpc) is 3.04. The summed E-state index contributed by atoms with van der Waals surface area (Å²) in [5.74, 6) is -0.629. The molecule has 1 heterocycles. The Morgan fingerprint density at radius 2 is 1.39 bits per heavy atom. The van der Waals surface area contributed by atoms with Crippen molar-refractivity contribution >= 4 is 17.8 Å². The molecule has 3 rings (SSSR count). The first-order chi connectivity index (χ1) is 11.0. The van der Waals surface area contributed by atoms with E-state index in [1.54, 1.807) is 0 Å². The second-order valence-electron chi connectivity index (χ2n) is 6.21. The first-order valence-corrected chi connectivity index (χ1v) is 9.92. The molecule has 0 aliphatic carbocycles. The van der Waals surface area contributed by atoms with Crippen molar-refractivity contribution < 1.29 is 14.0 Å². The Morgan fingerprint density at radius 3 is 1.83 bits per heavy atom. The zero-order valence-electron chi connectivity index (χ0n) is 13.6. The van der Waals surface area contributed by atoms with Gasteiger partial charge in [-0.2, -0.15) is 0 Å². The van der Waals surface area contributed by atoms with Gasteiger partial charge in [0.15, 0.2) is 5.79 Å². The number of hydrogen-bond donors (Lipinski definition) is 0. The van der Waals surface area contributed by atoms with Crippen LogP contribution >= 0.6 is 7.14 Å². The molecule has 1 unspecified atom stereocenters. The van der Waals surface area contributed by atoms with Crippen molar-refractivity contribution in [2.75, 3.05) is 19.4 Å². The van der Waals surface area contributed by atoms with E-state index in [2.05, 4.69) is 6.92 Å². The fraction of sp³-hybridized carbons (Fsp3) is 0.368. The van der Waals surface area contributed by atoms with Crippen molar-refractivity contribution in [3.05, 3.63) is 60.7 Å². The Labute approximate surface area is 138 Å². The monoisotopic (exact) mass is 330 g/mol. The van der Waals surface area contributed by atoms with Crippen LogP contribution in [-0.4, -0.2) is 25.2 Å². The number of hydrogen-bond acceptors (Lipinski definition) is 3. The summed E-state index contributed by atoms with van der Waals surface area (Å²) in [5, 5.41) is 1.78. The van der Waals surface area contributed by atoms with Gasteiger partial charge in [-0.25, -0.2) is 0 Å². The third-order valence-electron chi connectivity index (χ3n) is 4.63. The van der Waals surface area contributed by atoms with E-state index >= 15 is 0 Å². The molecule has 0 bridgehead atoms. The summed E-state index contributed by atoms with van der Waals surface area (Å²) in [6.45, 7) is 5.21. The van der Waals surface area contributed by atoms with E-state index in [0.717, 1.165) is 10.6 Å². The Balaban J connectivity index is 1.98. The van der Waals surface area contributed by atoms with Crippen LogP contribution in [0, 0.1) is 5.92 Å². The summed E-state index contributed by atoms with van der Waals surface area (Å²) in [6, 6.07) is 19.5. The summed E-state index contributed by atoms with van der Waals surface area (Å²) in [6.07, 6.45) is 0.525. The third-order valence-corrected chi connectivity index (χ3v) is 7.96. The molecular weight excluding hydrogens is 307 g/mol. The molecule has 122 valence electrons. The highest BCUT2D eigenvalue weighted by atomic mass is 31.2. The van der Waals surface area contributed by atoms with E-state index in [4.69, 9.17) is 9.47 Å². The molecule has 4 heteroatoms. The highest BCUT2D eigenvalue weighted by Crippen LogP contribution is 2.47. The Morgan fingerprint density at radius 1 is 0.957 bits per heavy atom. The van der Waals surface area contributed by atoms with Crippen LogP contribution in [0.15, 0.2) is 60.7 Å². The fourth-order valence-corrected chi connectivity index (χ4v) is 6.19. The van der Waals surface area contributed by atoms with Crippen molar-refractivity contribution in [1.29, 1.82) is 0 Å². The summed E-state index contributed by atoms with van der Waals surface area (Å²) in [4.78, 5) is 0. The Hall–Kier alpha value is -1.41. The van der Waals surface area contributed by atoms with Gasteiger partial charge < -0.3 is 14.0 Å². The second kappa shape index (κ2) is 6.60. The molecule has 0 radical (unpaired) electrons. The molecule has 1 saturated heterocycles. The molecule has 1 aliphatic heterocycles. The van der Waals surface area contributed by atoms with Gasteiger partial charge in [0.1, 0.15) is 7.14 Å². The van der Waals surface area contributed by atoms with E-state index in [0.29, 0.717) is 19.4 Å². The summed E-state index contributed by atoms with van der Waals surface area (Å²) < 4.78 is 25.6. The van der Waals surface area contributed by atoms with Crippen LogP contribution in [0.5, 0.6) is 0 Å². The minimum Gasteiger partial charge on any atom is -0.348 e. The number of benzene rings is 2. The maximum atomic E-state index is 14.0. The van der Waals surface area contributed by atoms with Crippen molar-refractivity contribution in [1.82, 2.24) is 0 Å². The molecule has 2 aromatic carbocycles. The fourth-order valence-electron chi connectivity index (χ4n) is 3.06. The molecule has 0 spiro atoms. The van der Waals surface area contributed by atoms with Crippen LogP contribution in [0.25, 0.3) is 0 Å². The molecule has 1 atom stereocenters. The molecule has 0 saturated carbocycles. The number of ether oxygens (including phenoxy) is 2. The topological polar surface area (TPSA) is 35.5 Å². The van der Waals surface area contributed by atoms with Gasteiger partial charge in [0, 0.05) is 22.7 Å². The predicted octanol–water partition coefficient (Wildman–Crippen LogP) is 3.40. The molecule has 0 amide bonds. The van der Waals surface area contributed by atoms with Gasteiger partial charge in [0.2, 0.25) is 0 Å². The Kier molecular flexibility index (Phi) is 4.72. The lowest BCUT2D eigenvalue weighted by atomic mass is 10.1. The lowest BCUT2D eigenvalue weighted by Gasteiger charge is -2.32. The predicted molar refractivity (Wildman–Crippen MR) is 94.1 cm³/mol.